The van der Waals surface area contributed by atoms with Gasteiger partial charge in [-0.2, -0.15) is 0 Å². The van der Waals surface area contributed by atoms with Crippen molar-refractivity contribution in [2.24, 2.45) is 4.99 Å². The number of carbonyl (C=O) groups is 1. The molecule has 140 valence electrons. The normalized spacial score (nSPS) is 15.0. The van der Waals surface area contributed by atoms with Gasteiger partial charge in [-0.15, -0.1) is 0 Å². The summed E-state index contributed by atoms with van der Waals surface area (Å²) < 4.78 is 4.68. The third-order valence-corrected chi connectivity index (χ3v) is 4.45. The van der Waals surface area contributed by atoms with Crippen LogP contribution >= 0.6 is 0 Å². The molecule has 0 spiro atoms. The number of esters is 1. The van der Waals surface area contributed by atoms with E-state index in [1.165, 1.54) is 32.4 Å². The van der Waals surface area contributed by atoms with Gasteiger partial charge >= 0.3 is 5.97 Å². The maximum absolute atomic E-state index is 11.4. The zero-order valence-electron chi connectivity index (χ0n) is 15.6. The first-order valence-electron chi connectivity index (χ1n) is 9.27. The van der Waals surface area contributed by atoms with Gasteiger partial charge in [0, 0.05) is 30.4 Å². The van der Waals surface area contributed by atoms with E-state index < -0.39 is 0 Å². The van der Waals surface area contributed by atoms with Gasteiger partial charge in [0.15, 0.2) is 0 Å². The molecule has 1 fully saturated rings. The van der Waals surface area contributed by atoms with Crippen molar-refractivity contribution in [3.8, 4) is 0 Å². The summed E-state index contributed by atoms with van der Waals surface area (Å²) in [6.07, 6.45) is 6.74. The molecule has 2 aromatic carbocycles. The van der Waals surface area contributed by atoms with Gasteiger partial charge in [0.2, 0.25) is 5.96 Å². The zero-order chi connectivity index (χ0) is 18.9. The van der Waals surface area contributed by atoms with E-state index in [2.05, 4.69) is 15.0 Å². The molecule has 0 aliphatic carbocycles. The summed E-state index contributed by atoms with van der Waals surface area (Å²) in [7, 11) is 1.37. The Morgan fingerprint density at radius 1 is 1.04 bits per heavy atom. The highest BCUT2D eigenvalue weighted by atomic mass is 16.5. The van der Waals surface area contributed by atoms with Crippen molar-refractivity contribution in [2.45, 2.75) is 19.3 Å². The van der Waals surface area contributed by atoms with Crippen molar-refractivity contribution in [3.05, 3.63) is 66.2 Å². The van der Waals surface area contributed by atoms with Crippen LogP contribution in [0.3, 0.4) is 0 Å². The highest BCUT2D eigenvalue weighted by molar-refractivity contribution is 5.96. The minimum atomic E-state index is -0.382. The maximum atomic E-state index is 11.4. The molecule has 0 bridgehead atoms. The second-order valence-corrected chi connectivity index (χ2v) is 6.39. The molecule has 1 heterocycles. The van der Waals surface area contributed by atoms with E-state index in [0.29, 0.717) is 0 Å². The number of benzene rings is 2. The topological polar surface area (TPSA) is 53.9 Å². The maximum Gasteiger partial charge on any atom is 0.330 e. The first kappa shape index (κ1) is 18.7. The van der Waals surface area contributed by atoms with Crippen LogP contribution in [0.25, 0.3) is 6.08 Å². The van der Waals surface area contributed by atoms with E-state index in [1.807, 2.05) is 54.6 Å². The summed E-state index contributed by atoms with van der Waals surface area (Å²) in [6.45, 7) is 1.97. The lowest BCUT2D eigenvalue weighted by molar-refractivity contribution is -0.134. The van der Waals surface area contributed by atoms with Gasteiger partial charge in [-0.1, -0.05) is 36.4 Å². The Hall–Kier alpha value is -3.08. The van der Waals surface area contributed by atoms with Crippen LogP contribution in [0.5, 0.6) is 0 Å². The number of carbonyl (C=O) groups excluding carboxylic acids is 1. The third-order valence-electron chi connectivity index (χ3n) is 4.45. The van der Waals surface area contributed by atoms with E-state index in [0.717, 1.165) is 36.0 Å². The number of anilines is 1. The Labute approximate surface area is 160 Å². The van der Waals surface area contributed by atoms with Crippen molar-refractivity contribution in [2.75, 3.05) is 25.5 Å². The van der Waals surface area contributed by atoms with Gasteiger partial charge < -0.3 is 15.0 Å². The fourth-order valence-electron chi connectivity index (χ4n) is 3.00. The molecule has 0 aromatic heterocycles. The number of guanidine groups is 1. The van der Waals surface area contributed by atoms with Gasteiger partial charge in [-0.25, -0.2) is 9.79 Å². The smallest absolute Gasteiger partial charge is 0.330 e. The number of hydrogen-bond donors (Lipinski definition) is 1. The Balaban J connectivity index is 1.92. The predicted octanol–water partition coefficient (Wildman–Crippen LogP) is 4.46. The lowest BCUT2D eigenvalue weighted by atomic mass is 10.1. The van der Waals surface area contributed by atoms with Crippen LogP contribution in [0.1, 0.15) is 24.8 Å². The molecule has 27 heavy (non-hydrogen) atoms. The van der Waals surface area contributed by atoms with Crippen LogP contribution in [0, 0.1) is 0 Å². The van der Waals surface area contributed by atoms with Crippen LogP contribution in [-0.4, -0.2) is 37.0 Å². The van der Waals surface area contributed by atoms with Gasteiger partial charge in [0.25, 0.3) is 0 Å². The third kappa shape index (κ3) is 5.45. The molecule has 1 N–H and O–H groups in total. The summed E-state index contributed by atoms with van der Waals surface area (Å²) in [5.41, 5.74) is 2.68. The second-order valence-electron chi connectivity index (χ2n) is 6.39. The molecule has 1 aliphatic rings. The molecule has 0 amide bonds. The molecule has 0 atom stereocenters. The quantitative estimate of drug-likeness (QED) is 0.377. The molecule has 3 rings (SSSR count). The Kier molecular flexibility index (Phi) is 6.63. The second kappa shape index (κ2) is 9.57. The van der Waals surface area contributed by atoms with Crippen molar-refractivity contribution in [1.29, 1.82) is 0 Å². The highest BCUT2D eigenvalue weighted by Gasteiger charge is 2.15. The number of piperidine rings is 1. The van der Waals surface area contributed by atoms with Gasteiger partial charge in [0.05, 0.1) is 12.8 Å². The molecule has 0 unspecified atom stereocenters. The zero-order valence-corrected chi connectivity index (χ0v) is 15.6. The Morgan fingerprint density at radius 2 is 1.74 bits per heavy atom. The number of hydrogen-bond acceptors (Lipinski definition) is 3. The van der Waals surface area contributed by atoms with Crippen LogP contribution in [0.15, 0.2) is 65.7 Å². The highest BCUT2D eigenvalue weighted by Crippen LogP contribution is 2.22. The summed E-state index contributed by atoms with van der Waals surface area (Å²) in [5.74, 6) is 0.451. The SMILES string of the molecule is COC(=O)/C=C/c1ccccc1/N=C(\Nc1ccccc1)N1CCCCC1. The van der Waals surface area contributed by atoms with Crippen molar-refractivity contribution < 1.29 is 9.53 Å². The number of likely N-dealkylation sites (tertiary alicyclic amines) is 1. The van der Waals surface area contributed by atoms with Crippen molar-refractivity contribution >= 4 is 29.4 Å². The number of methoxy groups -OCH3 is 1. The number of nitrogens with one attached hydrogen (secondary N) is 1. The summed E-state index contributed by atoms with van der Waals surface area (Å²) in [6, 6.07) is 17.8. The molecule has 0 radical (unpaired) electrons. The fourth-order valence-corrected chi connectivity index (χ4v) is 3.00. The minimum absolute atomic E-state index is 0.382. The molecule has 2 aromatic rings. The number of para-hydroxylation sites is 2. The monoisotopic (exact) mass is 363 g/mol. The summed E-state index contributed by atoms with van der Waals surface area (Å²) in [4.78, 5) is 18.6. The largest absolute Gasteiger partial charge is 0.466 e. The number of nitrogens with zero attached hydrogens (tertiary/aromatic N) is 2. The molecular formula is C22H25N3O2. The van der Waals surface area contributed by atoms with Crippen molar-refractivity contribution in [1.82, 2.24) is 4.90 Å². The molecule has 1 aliphatic heterocycles. The van der Waals surface area contributed by atoms with E-state index in [4.69, 9.17) is 4.99 Å². The summed E-state index contributed by atoms with van der Waals surface area (Å²) >= 11 is 0. The molecule has 5 nitrogen and oxygen atoms in total. The van der Waals surface area contributed by atoms with E-state index in [9.17, 15) is 4.79 Å². The Bertz CT molecular complexity index is 809. The van der Waals surface area contributed by atoms with Crippen LogP contribution in [0.4, 0.5) is 11.4 Å². The van der Waals surface area contributed by atoms with Gasteiger partial charge in [-0.05, 0) is 43.5 Å². The van der Waals surface area contributed by atoms with Crippen LogP contribution in [-0.2, 0) is 9.53 Å². The predicted molar refractivity (Wildman–Crippen MR) is 110 cm³/mol. The minimum Gasteiger partial charge on any atom is -0.466 e. The lowest BCUT2D eigenvalue weighted by Gasteiger charge is -2.30. The number of rotatable bonds is 4. The van der Waals surface area contributed by atoms with Crippen molar-refractivity contribution in [3.63, 3.8) is 0 Å². The average Bonchev–Trinajstić information content (AvgIpc) is 2.73. The number of aliphatic imine (C=N–C) groups is 1. The standard InChI is InChI=1S/C22H25N3O2/c1-27-21(26)15-14-18-10-6-7-13-20(18)24-22(25-16-8-3-9-17-25)23-19-11-4-2-5-12-19/h2,4-7,10-15H,3,8-9,16-17H2,1H3,(H,23,24)/b15-14+. The first-order chi connectivity index (χ1) is 13.3. The van der Waals surface area contributed by atoms with Gasteiger partial charge in [-0.3, -0.25) is 0 Å². The van der Waals surface area contributed by atoms with E-state index in [-0.39, 0.29) is 5.97 Å². The molecule has 5 heteroatoms. The summed E-state index contributed by atoms with van der Waals surface area (Å²) in [5, 5.41) is 3.46. The van der Waals surface area contributed by atoms with Crippen LogP contribution < -0.4 is 5.32 Å². The molecule has 0 saturated carbocycles. The molecule has 1 saturated heterocycles. The Morgan fingerprint density at radius 3 is 2.48 bits per heavy atom. The first-order valence-corrected chi connectivity index (χ1v) is 9.27. The number of ether oxygens (including phenoxy) is 1. The van der Waals surface area contributed by atoms with Gasteiger partial charge in [0.1, 0.15) is 0 Å². The molecular weight excluding hydrogens is 338 g/mol. The lowest BCUT2D eigenvalue weighted by Crippen LogP contribution is -2.39. The average molecular weight is 363 g/mol. The fraction of sp³-hybridized carbons (Fsp3) is 0.273. The van der Waals surface area contributed by atoms with E-state index >= 15 is 0 Å². The van der Waals surface area contributed by atoms with E-state index in [1.54, 1.807) is 6.08 Å². The van der Waals surface area contributed by atoms with Crippen LogP contribution in [0.2, 0.25) is 0 Å².